The second-order valence-electron chi connectivity index (χ2n) is 7.96. The van der Waals surface area contributed by atoms with Gasteiger partial charge in [-0.15, -0.1) is 0 Å². The van der Waals surface area contributed by atoms with Crippen LogP contribution in [-0.2, 0) is 17.8 Å². The van der Waals surface area contributed by atoms with Gasteiger partial charge in [0.25, 0.3) is 0 Å². The number of hydrogen-bond donors (Lipinski definition) is 1. The zero-order valence-electron chi connectivity index (χ0n) is 17.8. The summed E-state index contributed by atoms with van der Waals surface area (Å²) in [6.07, 6.45) is 3.72. The zero-order chi connectivity index (χ0) is 21.3. The molecule has 0 aliphatic rings. The summed E-state index contributed by atoms with van der Waals surface area (Å²) in [6.45, 7) is 9.15. The monoisotopic (exact) mass is 402 g/mol. The van der Waals surface area contributed by atoms with E-state index in [2.05, 4.69) is 34.2 Å². The molecule has 0 atom stereocenters. The van der Waals surface area contributed by atoms with Gasteiger partial charge in [0.1, 0.15) is 12.1 Å². The maximum Gasteiger partial charge on any atom is 0.228 e. The highest BCUT2D eigenvalue weighted by molar-refractivity contribution is 5.92. The number of nitrogens with one attached hydrogen (secondary N) is 1. The molecule has 1 N–H and O–H groups in total. The van der Waals surface area contributed by atoms with Crippen LogP contribution >= 0.6 is 0 Å². The first kappa shape index (κ1) is 19.8. The number of benzene rings is 1. The van der Waals surface area contributed by atoms with Gasteiger partial charge in [-0.3, -0.25) is 14.0 Å². The molecule has 4 aromatic rings. The van der Waals surface area contributed by atoms with Crippen molar-refractivity contribution in [3.05, 3.63) is 65.9 Å². The summed E-state index contributed by atoms with van der Waals surface area (Å²) in [7, 11) is 0. The number of para-hydroxylation sites is 2. The van der Waals surface area contributed by atoms with Crippen molar-refractivity contribution < 1.29 is 4.79 Å². The number of aryl methyl sites for hydroxylation is 1. The predicted molar refractivity (Wildman–Crippen MR) is 118 cm³/mol. The van der Waals surface area contributed by atoms with Gasteiger partial charge in [0.2, 0.25) is 5.91 Å². The van der Waals surface area contributed by atoms with Crippen molar-refractivity contribution in [2.45, 2.75) is 40.7 Å². The predicted octanol–water partition coefficient (Wildman–Crippen LogP) is 4.07. The minimum atomic E-state index is -0.0760. The summed E-state index contributed by atoms with van der Waals surface area (Å²) in [5.41, 5.74) is 5.52. The highest BCUT2D eigenvalue weighted by Crippen LogP contribution is 2.19. The Bertz CT molecular complexity index is 1190. The molecule has 0 unspecified atom stereocenters. The summed E-state index contributed by atoms with van der Waals surface area (Å²) < 4.78 is 3.92. The molecule has 4 rings (SSSR count). The molecule has 3 aromatic heterocycles. The number of rotatable bonds is 6. The molecule has 7 heteroatoms. The maximum atomic E-state index is 12.6. The van der Waals surface area contributed by atoms with Crippen LogP contribution in [0.25, 0.3) is 16.9 Å². The van der Waals surface area contributed by atoms with E-state index in [0.717, 1.165) is 40.3 Å². The van der Waals surface area contributed by atoms with E-state index in [1.54, 1.807) is 12.5 Å². The molecule has 7 nitrogen and oxygen atoms in total. The summed E-state index contributed by atoms with van der Waals surface area (Å²) in [4.78, 5) is 21.5. The Morgan fingerprint density at radius 2 is 1.90 bits per heavy atom. The van der Waals surface area contributed by atoms with Gasteiger partial charge in [0.05, 0.1) is 35.0 Å². The van der Waals surface area contributed by atoms with E-state index in [0.29, 0.717) is 18.0 Å². The summed E-state index contributed by atoms with van der Waals surface area (Å²) in [5.74, 6) is 1.18. The van der Waals surface area contributed by atoms with Gasteiger partial charge in [-0.25, -0.2) is 9.97 Å². The molecule has 0 fully saturated rings. The van der Waals surface area contributed by atoms with Gasteiger partial charge in [0, 0.05) is 17.8 Å². The lowest BCUT2D eigenvalue weighted by molar-refractivity contribution is -0.115. The zero-order valence-corrected chi connectivity index (χ0v) is 17.8. The van der Waals surface area contributed by atoms with Gasteiger partial charge < -0.3 is 5.32 Å². The smallest absolute Gasteiger partial charge is 0.228 e. The second-order valence-corrected chi connectivity index (χ2v) is 7.96. The number of aromatic nitrogens is 5. The topological polar surface area (TPSA) is 77.6 Å². The van der Waals surface area contributed by atoms with E-state index in [1.165, 1.54) is 0 Å². The van der Waals surface area contributed by atoms with Crippen molar-refractivity contribution in [2.24, 2.45) is 5.92 Å². The molecule has 30 heavy (non-hydrogen) atoms. The highest BCUT2D eigenvalue weighted by Gasteiger charge is 2.16. The van der Waals surface area contributed by atoms with Crippen molar-refractivity contribution in [3.8, 4) is 5.82 Å². The van der Waals surface area contributed by atoms with Crippen LogP contribution in [0, 0.1) is 19.8 Å². The Morgan fingerprint density at radius 1 is 1.10 bits per heavy atom. The third kappa shape index (κ3) is 3.96. The lowest BCUT2D eigenvalue weighted by Gasteiger charge is -2.09. The molecule has 154 valence electrons. The molecule has 1 aromatic carbocycles. The fraction of sp³-hybridized carbons (Fsp3) is 0.304. The molecule has 0 spiro atoms. The molecule has 1 amide bonds. The lowest BCUT2D eigenvalue weighted by Crippen LogP contribution is -2.16. The Hall–Kier alpha value is -3.48. The fourth-order valence-electron chi connectivity index (χ4n) is 3.62. The number of pyridine rings is 1. The number of imidazole rings is 1. The maximum absolute atomic E-state index is 12.6. The number of anilines is 1. The standard InChI is InChI=1S/C23H26N6O/c1-15(2)13-29-17(4)19(16(3)27-29)11-23(30)26-18-9-10-22(24-12-18)28-14-25-20-7-5-6-8-21(20)28/h5-10,12,14-15H,11,13H2,1-4H3,(H,26,30). The molecule has 0 aliphatic heterocycles. The molecule has 3 heterocycles. The van der Waals surface area contributed by atoms with Crippen LogP contribution in [0.1, 0.15) is 30.8 Å². The Labute approximate surface area is 175 Å². The third-order valence-corrected chi connectivity index (χ3v) is 5.14. The summed E-state index contributed by atoms with van der Waals surface area (Å²) in [6, 6.07) is 11.6. The Morgan fingerprint density at radius 3 is 2.63 bits per heavy atom. The van der Waals surface area contributed by atoms with E-state index in [9.17, 15) is 4.79 Å². The summed E-state index contributed by atoms with van der Waals surface area (Å²) in [5, 5.41) is 7.53. The number of hydrogen-bond acceptors (Lipinski definition) is 4. The largest absolute Gasteiger partial charge is 0.324 e. The number of amides is 1. The molecule has 0 bridgehead atoms. The molecule has 0 radical (unpaired) electrons. The first-order valence-corrected chi connectivity index (χ1v) is 10.1. The summed E-state index contributed by atoms with van der Waals surface area (Å²) >= 11 is 0. The minimum absolute atomic E-state index is 0.0760. The average Bonchev–Trinajstić information content (AvgIpc) is 3.25. The van der Waals surface area contributed by atoms with Gasteiger partial charge in [-0.2, -0.15) is 5.10 Å². The van der Waals surface area contributed by atoms with Crippen molar-refractivity contribution in [3.63, 3.8) is 0 Å². The van der Waals surface area contributed by atoms with Crippen LogP contribution in [0.2, 0.25) is 0 Å². The van der Waals surface area contributed by atoms with Gasteiger partial charge >= 0.3 is 0 Å². The van der Waals surface area contributed by atoms with Crippen molar-refractivity contribution in [1.82, 2.24) is 24.3 Å². The van der Waals surface area contributed by atoms with Gasteiger partial charge in [0.15, 0.2) is 0 Å². The first-order chi connectivity index (χ1) is 14.4. The molecule has 0 aliphatic carbocycles. The SMILES string of the molecule is Cc1nn(CC(C)C)c(C)c1CC(=O)Nc1ccc(-n2cnc3ccccc32)nc1. The van der Waals surface area contributed by atoms with E-state index in [4.69, 9.17) is 0 Å². The average molecular weight is 403 g/mol. The Kier molecular flexibility index (Phi) is 5.35. The molecule has 0 saturated heterocycles. The Balaban J connectivity index is 1.46. The van der Waals surface area contributed by atoms with Crippen molar-refractivity contribution >= 4 is 22.6 Å². The van der Waals surface area contributed by atoms with E-state index < -0.39 is 0 Å². The number of nitrogens with zero attached hydrogens (tertiary/aromatic N) is 5. The first-order valence-electron chi connectivity index (χ1n) is 10.1. The molecular formula is C23H26N6O. The van der Waals surface area contributed by atoms with Crippen LogP contribution in [0.5, 0.6) is 0 Å². The van der Waals surface area contributed by atoms with Crippen LogP contribution in [0.3, 0.4) is 0 Å². The fourth-order valence-corrected chi connectivity index (χ4v) is 3.62. The van der Waals surface area contributed by atoms with Crippen LogP contribution in [0.15, 0.2) is 48.9 Å². The minimum Gasteiger partial charge on any atom is -0.324 e. The highest BCUT2D eigenvalue weighted by atomic mass is 16.1. The molecular weight excluding hydrogens is 376 g/mol. The van der Waals surface area contributed by atoms with Gasteiger partial charge in [-0.05, 0) is 44.0 Å². The quantitative estimate of drug-likeness (QED) is 0.527. The van der Waals surface area contributed by atoms with Crippen molar-refractivity contribution in [2.75, 3.05) is 5.32 Å². The third-order valence-electron chi connectivity index (χ3n) is 5.14. The van der Waals surface area contributed by atoms with E-state index >= 15 is 0 Å². The van der Waals surface area contributed by atoms with Crippen LogP contribution in [-0.4, -0.2) is 30.2 Å². The number of carbonyl (C=O) groups is 1. The van der Waals surface area contributed by atoms with E-state index in [-0.39, 0.29) is 5.91 Å². The number of fused-ring (bicyclic) bond motifs is 1. The van der Waals surface area contributed by atoms with E-state index in [1.807, 2.05) is 59.5 Å². The number of carbonyl (C=O) groups excluding carboxylic acids is 1. The normalized spacial score (nSPS) is 11.4. The van der Waals surface area contributed by atoms with Crippen LogP contribution in [0.4, 0.5) is 5.69 Å². The molecule has 0 saturated carbocycles. The van der Waals surface area contributed by atoms with Crippen molar-refractivity contribution in [1.29, 1.82) is 0 Å². The van der Waals surface area contributed by atoms with Crippen LogP contribution < -0.4 is 5.32 Å². The second kappa shape index (κ2) is 8.10. The van der Waals surface area contributed by atoms with Gasteiger partial charge in [-0.1, -0.05) is 26.0 Å². The lowest BCUT2D eigenvalue weighted by atomic mass is 10.1.